The van der Waals surface area contributed by atoms with Crippen molar-refractivity contribution < 1.29 is 19.4 Å². The quantitative estimate of drug-likeness (QED) is 0.0646. The lowest BCUT2D eigenvalue weighted by molar-refractivity contribution is -0.121. The van der Waals surface area contributed by atoms with Crippen LogP contribution in [0.2, 0.25) is 25.7 Å². The van der Waals surface area contributed by atoms with Crippen molar-refractivity contribution in [2.24, 2.45) is 0 Å². The lowest BCUT2D eigenvalue weighted by atomic mass is 10.1. The Balaban J connectivity index is 1.11. The highest BCUT2D eigenvalue weighted by Gasteiger charge is 2.35. The Labute approximate surface area is 285 Å². The minimum atomic E-state index is -1.26. The van der Waals surface area contributed by atoms with E-state index in [-0.39, 0.29) is 18.2 Å². The van der Waals surface area contributed by atoms with E-state index < -0.39 is 14.2 Å². The van der Waals surface area contributed by atoms with E-state index in [9.17, 15) is 9.90 Å². The van der Waals surface area contributed by atoms with Crippen LogP contribution >= 0.6 is 21.6 Å². The van der Waals surface area contributed by atoms with Gasteiger partial charge in [-0.3, -0.25) is 9.36 Å². The Kier molecular flexibility index (Phi) is 15.8. The molecule has 10 nitrogen and oxygen atoms in total. The molecular weight excluding hydrogens is 637 g/mol. The van der Waals surface area contributed by atoms with E-state index in [1.807, 2.05) is 33.1 Å². The van der Waals surface area contributed by atoms with Crippen LogP contribution in [-0.2, 0) is 9.53 Å². The predicted molar refractivity (Wildman–Crippen MR) is 195 cm³/mol. The molecule has 13 heteroatoms. The summed E-state index contributed by atoms with van der Waals surface area (Å²) in [5.74, 6) is 2.47. The second-order valence-electron chi connectivity index (χ2n) is 14.0. The number of hydrogen-bond acceptors (Lipinski definition) is 10. The second-order valence-corrected chi connectivity index (χ2v) is 22.4. The predicted octanol–water partition coefficient (Wildman–Crippen LogP) is 7.57. The molecule has 1 unspecified atom stereocenters. The maximum absolute atomic E-state index is 12.0. The van der Waals surface area contributed by atoms with Crippen LogP contribution in [0.3, 0.4) is 0 Å². The summed E-state index contributed by atoms with van der Waals surface area (Å²) in [6.45, 7) is 11.3. The van der Waals surface area contributed by atoms with E-state index in [1.165, 1.54) is 63.5 Å². The molecule has 0 aromatic carbocycles. The number of carbonyl (C=O) groups is 1. The molecule has 0 spiro atoms. The molecule has 4 heterocycles. The van der Waals surface area contributed by atoms with E-state index in [4.69, 9.17) is 19.4 Å². The number of rotatable bonds is 22. The molecule has 0 saturated carbocycles. The van der Waals surface area contributed by atoms with Gasteiger partial charge in [0.25, 0.3) is 0 Å². The lowest BCUT2D eigenvalue weighted by Gasteiger charge is -2.17. The number of fused-ring (bicyclic) bond motifs is 1. The molecule has 0 bridgehead atoms. The number of aliphatic hydroxyl groups is 1. The number of unbranched alkanes of at least 4 members (excludes halogenated alkanes) is 9. The minimum Gasteiger partial charge on any atom is -0.476 e. The van der Waals surface area contributed by atoms with Gasteiger partial charge in [0.2, 0.25) is 17.7 Å². The normalized spacial score (nSPS) is 21.7. The van der Waals surface area contributed by atoms with Gasteiger partial charge >= 0.3 is 0 Å². The number of aromatic nitrogens is 4. The first-order chi connectivity index (χ1) is 22.2. The highest BCUT2D eigenvalue weighted by molar-refractivity contribution is 8.77. The summed E-state index contributed by atoms with van der Waals surface area (Å²) in [4.78, 5) is 26.1. The van der Waals surface area contributed by atoms with E-state index in [0.717, 1.165) is 38.4 Å². The fourth-order valence-electron chi connectivity index (χ4n) is 5.87. The van der Waals surface area contributed by atoms with Crippen molar-refractivity contribution in [1.29, 1.82) is 0 Å². The zero-order valence-electron chi connectivity index (χ0n) is 28.6. The van der Waals surface area contributed by atoms with Crippen molar-refractivity contribution >= 4 is 52.7 Å². The Morgan fingerprint density at radius 2 is 1.76 bits per heavy atom. The van der Waals surface area contributed by atoms with Crippen molar-refractivity contribution in [3.63, 3.8) is 0 Å². The van der Waals surface area contributed by atoms with Crippen molar-refractivity contribution in [3.8, 4) is 5.88 Å². The molecule has 4 rings (SSSR count). The van der Waals surface area contributed by atoms with Crippen LogP contribution in [0.4, 0.5) is 5.95 Å². The second kappa shape index (κ2) is 19.5. The summed E-state index contributed by atoms with van der Waals surface area (Å²) in [6.07, 6.45) is 16.1. The number of hydrogen-bond donors (Lipinski definition) is 3. The Hall–Kier alpha value is -1.54. The summed E-state index contributed by atoms with van der Waals surface area (Å²) in [7, 11) is 2.51. The first kappa shape index (κ1) is 37.3. The first-order valence-corrected chi connectivity index (χ1v) is 23.8. The third-order valence-corrected chi connectivity index (χ3v) is 13.4. The number of carbonyl (C=O) groups excluding carboxylic acids is 1. The average molecular weight is 695 g/mol. The fourth-order valence-corrected chi connectivity index (χ4v) is 9.48. The van der Waals surface area contributed by atoms with Crippen LogP contribution in [0.25, 0.3) is 11.2 Å². The number of amides is 1. The monoisotopic (exact) mass is 694 g/mol. The molecule has 2 aliphatic heterocycles. The van der Waals surface area contributed by atoms with Crippen molar-refractivity contribution in [2.45, 2.75) is 146 Å². The molecule has 2 fully saturated rings. The molecular formula is C33H58N6O4S2Si. The summed E-state index contributed by atoms with van der Waals surface area (Å²) < 4.78 is 14.2. The summed E-state index contributed by atoms with van der Waals surface area (Å²) in [5.41, 5.74) is 1.32. The fraction of sp³-hybridized carbons (Fsp3) is 0.818. The van der Waals surface area contributed by atoms with Crippen molar-refractivity contribution in [3.05, 3.63) is 6.33 Å². The van der Waals surface area contributed by atoms with Gasteiger partial charge in [-0.25, -0.2) is 4.98 Å². The Morgan fingerprint density at radius 1 is 1.07 bits per heavy atom. The number of imidazole rings is 1. The smallest absolute Gasteiger partial charge is 0.247 e. The molecule has 3 N–H and O–H groups in total. The van der Waals surface area contributed by atoms with Gasteiger partial charge in [-0.15, -0.1) is 0 Å². The zero-order chi connectivity index (χ0) is 32.8. The highest BCUT2D eigenvalue weighted by atomic mass is 33.1. The molecule has 46 heavy (non-hydrogen) atoms. The number of ether oxygens (including phenoxy) is 2. The van der Waals surface area contributed by atoms with E-state index >= 15 is 0 Å². The van der Waals surface area contributed by atoms with Crippen LogP contribution in [0.15, 0.2) is 6.33 Å². The van der Waals surface area contributed by atoms with Gasteiger partial charge in [-0.2, -0.15) is 9.97 Å². The zero-order valence-corrected chi connectivity index (χ0v) is 31.2. The number of aliphatic hydroxyl groups excluding tert-OH is 1. The summed E-state index contributed by atoms with van der Waals surface area (Å²) in [6, 6.07) is 1.04. The third-order valence-electron chi connectivity index (χ3n) is 8.75. The van der Waals surface area contributed by atoms with E-state index in [2.05, 4.69) is 35.3 Å². The van der Waals surface area contributed by atoms with Gasteiger partial charge in [-0.1, -0.05) is 99.5 Å². The standard InChI is InChI=1S/C33H58N6O4S2Si/c1-5-27-26(40)23-29(43-27)39-24-36-30-31(39)37-33(38-32(30)42-19-21-46(2,3)4)35-18-15-13-11-9-7-6-8-10-12-14-17-34-28(41)22-25-16-20-44-45-25/h24-27,29,40H,5-23H2,1-4H3,(H,34,41)(H,35,37,38)/t25?,26-,27-,29-/m1/s1. The van der Waals surface area contributed by atoms with Gasteiger partial charge in [0.05, 0.1) is 25.1 Å². The maximum Gasteiger partial charge on any atom is 0.247 e. The number of anilines is 1. The summed E-state index contributed by atoms with van der Waals surface area (Å²) in [5, 5.41) is 17.5. The highest BCUT2D eigenvalue weighted by Crippen LogP contribution is 2.39. The molecule has 2 aromatic rings. The van der Waals surface area contributed by atoms with Gasteiger partial charge in [-0.05, 0) is 31.7 Å². The minimum absolute atomic E-state index is 0.177. The van der Waals surface area contributed by atoms with Crippen LogP contribution in [0.1, 0.15) is 103 Å². The molecule has 4 atom stereocenters. The van der Waals surface area contributed by atoms with Gasteiger partial charge < -0.3 is 25.2 Å². The molecule has 2 aliphatic rings. The van der Waals surface area contributed by atoms with Crippen LogP contribution in [0, 0.1) is 0 Å². The maximum atomic E-state index is 12.0. The number of nitrogens with one attached hydrogen (secondary N) is 2. The van der Waals surface area contributed by atoms with Crippen LogP contribution in [0.5, 0.6) is 5.88 Å². The van der Waals surface area contributed by atoms with Crippen LogP contribution in [-0.4, -0.2) is 81.5 Å². The molecule has 1 amide bonds. The largest absolute Gasteiger partial charge is 0.476 e. The SMILES string of the molecule is CC[C@H]1O[C@@H](n2cnc3c(OCC[Si](C)(C)C)nc(NCCCCCCCCCCCCNC(=O)CC4CCSS4)nc32)C[C@H]1O. The lowest BCUT2D eigenvalue weighted by Crippen LogP contribution is -2.26. The molecule has 0 aliphatic carbocycles. The van der Waals surface area contributed by atoms with Crippen molar-refractivity contribution in [2.75, 3.05) is 30.8 Å². The molecule has 0 radical (unpaired) electrons. The van der Waals surface area contributed by atoms with Gasteiger partial charge in [0, 0.05) is 45.0 Å². The van der Waals surface area contributed by atoms with Crippen molar-refractivity contribution in [1.82, 2.24) is 24.8 Å². The summed E-state index contributed by atoms with van der Waals surface area (Å²) >= 11 is 0. The van der Waals surface area contributed by atoms with Crippen LogP contribution < -0.4 is 15.4 Å². The van der Waals surface area contributed by atoms with E-state index in [1.54, 1.807) is 6.33 Å². The topological polar surface area (TPSA) is 123 Å². The molecule has 260 valence electrons. The first-order valence-electron chi connectivity index (χ1n) is 17.7. The van der Waals surface area contributed by atoms with Gasteiger partial charge in [0.15, 0.2) is 11.2 Å². The third kappa shape index (κ3) is 12.5. The Morgan fingerprint density at radius 3 is 2.39 bits per heavy atom. The van der Waals surface area contributed by atoms with E-state index in [0.29, 0.717) is 47.7 Å². The van der Waals surface area contributed by atoms with Gasteiger partial charge in [0.1, 0.15) is 6.23 Å². The molecule has 2 saturated heterocycles. The number of nitrogens with zero attached hydrogens (tertiary/aromatic N) is 4. The average Bonchev–Trinajstić information content (AvgIpc) is 3.76. The Bertz CT molecular complexity index is 1190. The molecule has 2 aromatic heterocycles.